The highest BCUT2D eigenvalue weighted by atomic mass is 32.2. The summed E-state index contributed by atoms with van der Waals surface area (Å²) in [6.45, 7) is 3.76. The Labute approximate surface area is 131 Å². The molecule has 2 aliphatic heterocycles. The molecule has 0 aromatic carbocycles. The van der Waals surface area contributed by atoms with Crippen molar-refractivity contribution in [3.63, 3.8) is 0 Å². The third-order valence-corrected chi connectivity index (χ3v) is 5.62. The van der Waals surface area contributed by atoms with Crippen LogP contribution in [0.2, 0.25) is 0 Å². The van der Waals surface area contributed by atoms with Gasteiger partial charge >= 0.3 is 0 Å². The van der Waals surface area contributed by atoms with Gasteiger partial charge in [0.1, 0.15) is 0 Å². The smallest absolute Gasteiger partial charge is 0.225 e. The van der Waals surface area contributed by atoms with Gasteiger partial charge in [0.2, 0.25) is 16.0 Å². The van der Waals surface area contributed by atoms with Crippen LogP contribution in [0.3, 0.4) is 0 Å². The second kappa shape index (κ2) is 6.10. The van der Waals surface area contributed by atoms with Crippen molar-refractivity contribution in [3.05, 3.63) is 18.5 Å². The Bertz CT molecular complexity index is 610. The highest BCUT2D eigenvalue weighted by Gasteiger charge is 2.41. The summed E-state index contributed by atoms with van der Waals surface area (Å²) in [4.78, 5) is 10.7. The summed E-state index contributed by atoms with van der Waals surface area (Å²) in [6.07, 6.45) is 6.55. The van der Waals surface area contributed by atoms with Crippen LogP contribution in [0.1, 0.15) is 12.8 Å². The predicted octanol–water partition coefficient (Wildman–Crippen LogP) is 0.355. The molecule has 1 atom stereocenters. The van der Waals surface area contributed by atoms with Gasteiger partial charge in [0.25, 0.3) is 0 Å². The number of sulfonamides is 1. The van der Waals surface area contributed by atoms with E-state index in [4.69, 9.17) is 4.74 Å². The van der Waals surface area contributed by atoms with Gasteiger partial charge in [-0.1, -0.05) is 0 Å². The minimum atomic E-state index is -3.17. The summed E-state index contributed by atoms with van der Waals surface area (Å²) in [6, 6.07) is 1.79. The molecule has 2 saturated heterocycles. The zero-order chi connectivity index (χ0) is 15.6. The van der Waals surface area contributed by atoms with E-state index < -0.39 is 10.0 Å². The molecule has 1 spiro atoms. The van der Waals surface area contributed by atoms with Gasteiger partial charge in [-0.3, -0.25) is 0 Å². The molecule has 1 aromatic heterocycles. The molecular formula is C14H22N4O3S. The molecule has 1 aromatic rings. The molecule has 7 nitrogen and oxygen atoms in total. The lowest BCUT2D eigenvalue weighted by Gasteiger charge is -2.42. The first-order chi connectivity index (χ1) is 10.5. The number of hydrogen-bond acceptors (Lipinski definition) is 6. The first-order valence-electron chi connectivity index (χ1n) is 7.53. The van der Waals surface area contributed by atoms with Crippen molar-refractivity contribution in [1.82, 2.24) is 14.3 Å². The number of aromatic nitrogens is 2. The van der Waals surface area contributed by atoms with Crippen LogP contribution in [-0.4, -0.2) is 68.3 Å². The minimum absolute atomic E-state index is 0.184. The molecule has 3 rings (SSSR count). The summed E-state index contributed by atoms with van der Waals surface area (Å²) in [5.41, 5.74) is -0.184. The van der Waals surface area contributed by atoms with Gasteiger partial charge in [-0.2, -0.15) is 0 Å². The minimum Gasteiger partial charge on any atom is -0.379 e. The van der Waals surface area contributed by atoms with Crippen molar-refractivity contribution >= 4 is 16.0 Å². The van der Waals surface area contributed by atoms with Gasteiger partial charge in [-0.25, -0.2) is 22.7 Å². The predicted molar refractivity (Wildman–Crippen MR) is 83.1 cm³/mol. The van der Waals surface area contributed by atoms with E-state index in [1.807, 2.05) is 0 Å². The van der Waals surface area contributed by atoms with Gasteiger partial charge in [-0.15, -0.1) is 0 Å². The van der Waals surface area contributed by atoms with E-state index in [1.165, 1.54) is 6.26 Å². The van der Waals surface area contributed by atoms with E-state index in [0.717, 1.165) is 25.9 Å². The number of ether oxygens (including phenoxy) is 1. The zero-order valence-corrected chi connectivity index (χ0v) is 13.6. The molecule has 0 unspecified atom stereocenters. The van der Waals surface area contributed by atoms with E-state index in [9.17, 15) is 8.42 Å². The topological polar surface area (TPSA) is 75.6 Å². The Balaban J connectivity index is 1.82. The summed E-state index contributed by atoms with van der Waals surface area (Å²) < 4.78 is 31.2. The van der Waals surface area contributed by atoms with E-state index in [2.05, 4.69) is 14.9 Å². The molecular weight excluding hydrogens is 304 g/mol. The highest BCUT2D eigenvalue weighted by Crippen LogP contribution is 2.34. The van der Waals surface area contributed by atoms with E-state index in [1.54, 1.807) is 22.8 Å². The van der Waals surface area contributed by atoms with Crippen molar-refractivity contribution in [2.45, 2.75) is 12.8 Å². The zero-order valence-electron chi connectivity index (χ0n) is 12.8. The largest absolute Gasteiger partial charge is 0.379 e. The Morgan fingerprint density at radius 3 is 2.73 bits per heavy atom. The second-order valence-corrected chi connectivity index (χ2v) is 8.21. The highest BCUT2D eigenvalue weighted by molar-refractivity contribution is 7.88. The van der Waals surface area contributed by atoms with Crippen molar-refractivity contribution in [1.29, 1.82) is 0 Å². The molecule has 2 fully saturated rings. The molecule has 0 aliphatic carbocycles. The fraction of sp³-hybridized carbons (Fsp3) is 0.714. The van der Waals surface area contributed by atoms with Gasteiger partial charge < -0.3 is 9.64 Å². The van der Waals surface area contributed by atoms with E-state index >= 15 is 0 Å². The Morgan fingerprint density at radius 1 is 1.23 bits per heavy atom. The van der Waals surface area contributed by atoms with Crippen molar-refractivity contribution in [3.8, 4) is 0 Å². The first-order valence-corrected chi connectivity index (χ1v) is 9.38. The number of rotatable bonds is 2. The normalized spacial score (nSPS) is 27.8. The average Bonchev–Trinajstić information content (AvgIpc) is 2.70. The third-order valence-electron chi connectivity index (χ3n) is 4.37. The van der Waals surface area contributed by atoms with Crippen LogP contribution in [-0.2, 0) is 14.8 Å². The lowest BCUT2D eigenvalue weighted by atomic mass is 9.81. The van der Waals surface area contributed by atoms with Gasteiger partial charge in [0.05, 0.1) is 19.5 Å². The first kappa shape index (κ1) is 15.6. The third kappa shape index (κ3) is 3.39. The molecule has 0 saturated carbocycles. The molecule has 8 heteroatoms. The Hall–Kier alpha value is -1.25. The van der Waals surface area contributed by atoms with Crippen molar-refractivity contribution in [2.75, 3.05) is 50.5 Å². The van der Waals surface area contributed by atoms with Crippen LogP contribution in [0.4, 0.5) is 5.95 Å². The lowest BCUT2D eigenvalue weighted by molar-refractivity contribution is 0.0351. The summed E-state index contributed by atoms with van der Waals surface area (Å²) in [7, 11) is -3.17. The molecule has 3 heterocycles. The van der Waals surface area contributed by atoms with Crippen LogP contribution in [0.25, 0.3) is 0 Å². The molecule has 0 N–H and O–H groups in total. The average molecular weight is 326 g/mol. The van der Waals surface area contributed by atoms with E-state index in [-0.39, 0.29) is 5.41 Å². The summed E-state index contributed by atoms with van der Waals surface area (Å²) in [5, 5.41) is 0. The SMILES string of the molecule is CS(=O)(=O)N1CCC[C@]2(COCCN(c3ncccn3)C2)C1. The number of piperidine rings is 1. The van der Waals surface area contributed by atoms with Crippen molar-refractivity contribution < 1.29 is 13.2 Å². The lowest BCUT2D eigenvalue weighted by Crippen LogP contribution is -2.52. The number of anilines is 1. The fourth-order valence-corrected chi connectivity index (χ4v) is 4.28. The molecule has 0 bridgehead atoms. The van der Waals surface area contributed by atoms with Gasteiger partial charge in [0.15, 0.2) is 0 Å². The molecule has 0 amide bonds. The summed E-state index contributed by atoms with van der Waals surface area (Å²) >= 11 is 0. The molecule has 122 valence electrons. The van der Waals surface area contributed by atoms with E-state index in [0.29, 0.717) is 32.3 Å². The van der Waals surface area contributed by atoms with Gasteiger partial charge in [-0.05, 0) is 18.9 Å². The number of hydrogen-bond donors (Lipinski definition) is 0. The Morgan fingerprint density at radius 2 is 2.00 bits per heavy atom. The van der Waals surface area contributed by atoms with Crippen LogP contribution in [0.15, 0.2) is 18.5 Å². The second-order valence-electron chi connectivity index (χ2n) is 6.22. The van der Waals surface area contributed by atoms with Crippen LogP contribution in [0.5, 0.6) is 0 Å². The maximum atomic E-state index is 11.9. The quantitative estimate of drug-likeness (QED) is 0.781. The molecule has 22 heavy (non-hydrogen) atoms. The molecule has 0 radical (unpaired) electrons. The van der Waals surface area contributed by atoms with Crippen LogP contribution in [0, 0.1) is 5.41 Å². The van der Waals surface area contributed by atoms with Gasteiger partial charge in [0, 0.05) is 44.0 Å². The fourth-order valence-electron chi connectivity index (χ4n) is 3.31. The van der Waals surface area contributed by atoms with Crippen molar-refractivity contribution in [2.24, 2.45) is 5.41 Å². The molecule has 2 aliphatic rings. The van der Waals surface area contributed by atoms with Crippen LogP contribution >= 0.6 is 0 Å². The standard InChI is InChI=1S/C14H22N4O3S/c1-22(19,20)18-7-2-4-14(11-18)10-17(8-9-21-12-14)13-15-5-3-6-16-13/h3,5-6H,2,4,7-12H2,1H3/t14-/m1/s1. The van der Waals surface area contributed by atoms with Crippen LogP contribution < -0.4 is 4.90 Å². The maximum absolute atomic E-state index is 11.9. The maximum Gasteiger partial charge on any atom is 0.225 e. The Kier molecular flexibility index (Phi) is 4.33. The number of nitrogens with zero attached hydrogens (tertiary/aromatic N) is 4. The summed E-state index contributed by atoms with van der Waals surface area (Å²) in [5.74, 6) is 0.684. The monoisotopic (exact) mass is 326 g/mol.